The summed E-state index contributed by atoms with van der Waals surface area (Å²) < 4.78 is 22.3. The van der Waals surface area contributed by atoms with E-state index in [9.17, 15) is 8.42 Å². The molecule has 1 aliphatic heterocycles. The third-order valence-electron chi connectivity index (χ3n) is 2.47. The van der Waals surface area contributed by atoms with Crippen LogP contribution >= 0.6 is 0 Å². The lowest BCUT2D eigenvalue weighted by molar-refractivity contribution is 0.238. The van der Waals surface area contributed by atoms with Crippen molar-refractivity contribution in [3.8, 4) is 0 Å². The number of primary sulfonamides is 1. The molecule has 0 spiro atoms. The number of likely N-dealkylation sites (tertiary alicyclic amines) is 1. The highest BCUT2D eigenvalue weighted by atomic mass is 32.2. The third kappa shape index (κ3) is 3.55. The van der Waals surface area contributed by atoms with E-state index in [1.54, 1.807) is 0 Å². The molecule has 1 atom stereocenters. The maximum atomic E-state index is 11.2. The zero-order chi connectivity index (χ0) is 10.8. The van der Waals surface area contributed by atoms with E-state index in [0.29, 0.717) is 13.0 Å². The van der Waals surface area contributed by atoms with Crippen LogP contribution in [0.1, 0.15) is 26.7 Å². The fourth-order valence-corrected chi connectivity index (χ4v) is 2.79. The number of sulfonamides is 1. The number of piperidine rings is 1. The number of nitrogens with two attached hydrogens (primary N) is 1. The van der Waals surface area contributed by atoms with Crippen molar-refractivity contribution in [2.75, 3.05) is 19.6 Å². The molecule has 0 aliphatic carbocycles. The third-order valence-corrected chi connectivity index (χ3v) is 3.78. The monoisotopic (exact) mass is 219 g/mol. The number of nitrogens with zero attached hydrogens (tertiary/aromatic N) is 1. The molecule has 0 amide bonds. The lowest BCUT2D eigenvalue weighted by atomic mass is 10.1. The maximum Gasteiger partial charge on any atom is 0.213 e. The Morgan fingerprint density at radius 2 is 2.14 bits per heavy atom. The van der Waals surface area contributed by atoms with Crippen molar-refractivity contribution in [1.29, 1.82) is 0 Å². The molecule has 1 rings (SSSR count). The summed E-state index contributed by atoms with van der Waals surface area (Å²) in [5.41, 5.74) is 0. The van der Waals surface area contributed by atoms with Crippen LogP contribution in [0.4, 0.5) is 0 Å². The van der Waals surface area contributed by atoms with E-state index < -0.39 is 10.0 Å². The second-order valence-electron chi connectivity index (χ2n) is 4.30. The standard InChI is InChI=1S/C9H19N2O2S/c1-8(2)6-11-5-3-4-9(7-11)14(10,12)13/h9H,3-7H2,1-2H3,(H2,10,12,13)/t9-/m0/s1. The van der Waals surface area contributed by atoms with Gasteiger partial charge in [-0.15, -0.1) is 0 Å². The van der Waals surface area contributed by atoms with E-state index in [0.717, 1.165) is 19.5 Å². The Hall–Kier alpha value is -0.130. The Balaban J connectivity index is 2.52. The summed E-state index contributed by atoms with van der Waals surface area (Å²) in [6.45, 7) is 6.56. The summed E-state index contributed by atoms with van der Waals surface area (Å²) in [5, 5.41) is 4.78. The van der Waals surface area contributed by atoms with Gasteiger partial charge in [0, 0.05) is 13.1 Å². The molecule has 4 nitrogen and oxygen atoms in total. The number of hydrogen-bond donors (Lipinski definition) is 1. The van der Waals surface area contributed by atoms with Gasteiger partial charge in [-0.25, -0.2) is 13.6 Å². The van der Waals surface area contributed by atoms with Crippen molar-refractivity contribution in [3.63, 3.8) is 0 Å². The van der Waals surface area contributed by atoms with Gasteiger partial charge < -0.3 is 4.90 Å². The first kappa shape index (κ1) is 11.9. The van der Waals surface area contributed by atoms with E-state index in [4.69, 9.17) is 5.14 Å². The first-order chi connectivity index (χ1) is 6.39. The second kappa shape index (κ2) is 4.59. The van der Waals surface area contributed by atoms with E-state index in [1.165, 1.54) is 5.92 Å². The molecule has 0 aromatic rings. The first-order valence-corrected chi connectivity index (χ1v) is 6.53. The van der Waals surface area contributed by atoms with Crippen LogP contribution in [0.2, 0.25) is 0 Å². The van der Waals surface area contributed by atoms with E-state index >= 15 is 0 Å². The Morgan fingerprint density at radius 3 is 2.64 bits per heavy atom. The van der Waals surface area contributed by atoms with Crippen molar-refractivity contribution in [2.24, 2.45) is 5.14 Å². The smallest absolute Gasteiger partial charge is 0.213 e. The molecule has 0 aromatic heterocycles. The Morgan fingerprint density at radius 1 is 1.50 bits per heavy atom. The molecule has 0 aromatic carbocycles. The summed E-state index contributed by atoms with van der Waals surface area (Å²) >= 11 is 0. The Bertz CT molecular complexity index is 275. The molecule has 1 radical (unpaired) electrons. The molecule has 5 heteroatoms. The SMILES string of the molecule is C[C](C)CN1CCC[C@H](S(N)(=O)=O)C1. The van der Waals surface area contributed by atoms with Crippen LogP contribution in [0.5, 0.6) is 0 Å². The fraction of sp³-hybridized carbons (Fsp3) is 0.889. The second-order valence-corrected chi connectivity index (χ2v) is 6.14. The zero-order valence-electron chi connectivity index (χ0n) is 8.86. The molecular formula is C9H19N2O2S. The molecule has 14 heavy (non-hydrogen) atoms. The normalized spacial score (nSPS) is 25.6. The largest absolute Gasteiger partial charge is 0.301 e. The predicted octanol–water partition coefficient (Wildman–Crippen LogP) is 0.354. The van der Waals surface area contributed by atoms with Crippen molar-refractivity contribution in [2.45, 2.75) is 31.9 Å². The van der Waals surface area contributed by atoms with Crippen LogP contribution in [-0.4, -0.2) is 38.2 Å². The van der Waals surface area contributed by atoms with Gasteiger partial charge in [0.05, 0.1) is 5.25 Å². The minimum atomic E-state index is -3.35. The van der Waals surface area contributed by atoms with E-state index in [1.807, 2.05) is 0 Å². The molecule has 83 valence electrons. The summed E-state index contributed by atoms with van der Waals surface area (Å²) in [4.78, 5) is 2.16. The Kier molecular flexibility index (Phi) is 3.92. The van der Waals surface area contributed by atoms with Crippen molar-refractivity contribution < 1.29 is 8.42 Å². The summed E-state index contributed by atoms with van der Waals surface area (Å²) in [7, 11) is -3.35. The highest BCUT2D eigenvalue weighted by Gasteiger charge is 2.27. The van der Waals surface area contributed by atoms with Crippen LogP contribution < -0.4 is 5.14 Å². The fourth-order valence-electron chi connectivity index (χ4n) is 1.87. The molecule has 1 saturated heterocycles. The van der Waals surface area contributed by atoms with E-state index in [2.05, 4.69) is 18.7 Å². The molecule has 0 bridgehead atoms. The summed E-state index contributed by atoms with van der Waals surface area (Å²) in [6, 6.07) is 0. The van der Waals surface area contributed by atoms with Crippen molar-refractivity contribution in [1.82, 2.24) is 4.90 Å². The van der Waals surface area contributed by atoms with Gasteiger partial charge in [-0.3, -0.25) is 0 Å². The Labute approximate surface area is 86.5 Å². The van der Waals surface area contributed by atoms with Crippen LogP contribution in [0.15, 0.2) is 0 Å². The van der Waals surface area contributed by atoms with Gasteiger partial charge in [-0.05, 0) is 25.3 Å². The first-order valence-electron chi connectivity index (χ1n) is 4.92. The van der Waals surface area contributed by atoms with Crippen LogP contribution in [0, 0.1) is 5.92 Å². The average Bonchev–Trinajstić information content (AvgIpc) is 2.01. The topological polar surface area (TPSA) is 63.4 Å². The van der Waals surface area contributed by atoms with Gasteiger partial charge in [0.25, 0.3) is 0 Å². The molecule has 1 fully saturated rings. The molecule has 1 aliphatic rings. The van der Waals surface area contributed by atoms with Crippen LogP contribution in [-0.2, 0) is 10.0 Å². The van der Waals surface area contributed by atoms with E-state index in [-0.39, 0.29) is 5.25 Å². The molecule has 1 heterocycles. The lowest BCUT2D eigenvalue weighted by Crippen LogP contribution is -2.45. The minimum absolute atomic E-state index is 0.365. The highest BCUT2D eigenvalue weighted by molar-refractivity contribution is 7.89. The van der Waals surface area contributed by atoms with Gasteiger partial charge in [0.1, 0.15) is 0 Å². The predicted molar refractivity (Wildman–Crippen MR) is 57.2 cm³/mol. The van der Waals surface area contributed by atoms with Gasteiger partial charge in [0.15, 0.2) is 0 Å². The molecule has 2 N–H and O–H groups in total. The number of rotatable bonds is 3. The quantitative estimate of drug-likeness (QED) is 0.745. The van der Waals surface area contributed by atoms with Crippen molar-refractivity contribution in [3.05, 3.63) is 5.92 Å². The van der Waals surface area contributed by atoms with Crippen LogP contribution in [0.25, 0.3) is 0 Å². The minimum Gasteiger partial charge on any atom is -0.301 e. The van der Waals surface area contributed by atoms with Gasteiger partial charge in [0.2, 0.25) is 10.0 Å². The summed E-state index contributed by atoms with van der Waals surface area (Å²) in [5.74, 6) is 1.31. The maximum absolute atomic E-state index is 11.2. The van der Waals surface area contributed by atoms with Gasteiger partial charge >= 0.3 is 0 Å². The van der Waals surface area contributed by atoms with Crippen molar-refractivity contribution >= 4 is 10.0 Å². The molecule has 0 unspecified atom stereocenters. The van der Waals surface area contributed by atoms with Gasteiger partial charge in [-0.2, -0.15) is 0 Å². The zero-order valence-corrected chi connectivity index (χ0v) is 9.68. The average molecular weight is 219 g/mol. The summed E-state index contributed by atoms with van der Waals surface area (Å²) in [6.07, 6.45) is 1.63. The molecular weight excluding hydrogens is 200 g/mol. The lowest BCUT2D eigenvalue weighted by Gasteiger charge is -2.32. The number of hydrogen-bond acceptors (Lipinski definition) is 3. The highest BCUT2D eigenvalue weighted by Crippen LogP contribution is 2.16. The van der Waals surface area contributed by atoms with Gasteiger partial charge in [-0.1, -0.05) is 13.8 Å². The molecule has 0 saturated carbocycles. The van der Waals surface area contributed by atoms with Crippen LogP contribution in [0.3, 0.4) is 0 Å².